The molecule has 0 amide bonds. The number of hydrogen-bond acceptors (Lipinski definition) is 6. The number of nitrogens with two attached hydrogens (primary N) is 1. The highest BCUT2D eigenvalue weighted by Crippen LogP contribution is 2.32. The Morgan fingerprint density at radius 2 is 2.21 bits per heavy atom. The molecule has 3 N–H and O–H groups in total. The van der Waals surface area contributed by atoms with Crippen molar-refractivity contribution < 1.29 is 17.9 Å². The van der Waals surface area contributed by atoms with Crippen molar-refractivity contribution in [2.45, 2.75) is 32.0 Å². The molecular formula is C16H16BrClF3N5OS. The van der Waals surface area contributed by atoms with Crippen molar-refractivity contribution in [1.82, 2.24) is 14.6 Å². The number of nitrogens with zero attached hydrogens (tertiary/aromatic N) is 3. The highest BCUT2D eigenvalue weighted by molar-refractivity contribution is 9.10. The van der Waals surface area contributed by atoms with E-state index >= 15 is 4.39 Å². The minimum Gasteiger partial charge on any atom is -0.363 e. The SMILES string of the molecule is N[C@@H](CCOC(F)F)Cc1c(F)c2c(NCc3cccs3)nc(Cl)nn2c1Br. The van der Waals surface area contributed by atoms with E-state index in [1.165, 1.54) is 4.52 Å². The number of thiophene rings is 1. The molecule has 3 aromatic rings. The molecule has 3 rings (SSSR count). The Morgan fingerprint density at radius 3 is 2.89 bits per heavy atom. The lowest BCUT2D eigenvalue weighted by molar-refractivity contribution is -0.129. The van der Waals surface area contributed by atoms with Gasteiger partial charge in [-0.1, -0.05) is 6.07 Å². The van der Waals surface area contributed by atoms with Crippen LogP contribution in [0.3, 0.4) is 0 Å². The summed E-state index contributed by atoms with van der Waals surface area (Å²) in [6.07, 6.45) is 0.253. The second-order valence-electron chi connectivity index (χ2n) is 5.89. The van der Waals surface area contributed by atoms with E-state index in [9.17, 15) is 8.78 Å². The number of anilines is 1. The van der Waals surface area contributed by atoms with Gasteiger partial charge < -0.3 is 15.8 Å². The summed E-state index contributed by atoms with van der Waals surface area (Å²) in [7, 11) is 0. The Hall–Kier alpha value is -1.40. The first kappa shape index (κ1) is 21.3. The second-order valence-corrected chi connectivity index (χ2v) is 8.01. The van der Waals surface area contributed by atoms with Crippen LogP contribution in [0.2, 0.25) is 5.28 Å². The van der Waals surface area contributed by atoms with Gasteiger partial charge in [-0.05, 0) is 51.8 Å². The van der Waals surface area contributed by atoms with Crippen molar-refractivity contribution in [3.05, 3.63) is 43.7 Å². The summed E-state index contributed by atoms with van der Waals surface area (Å²) < 4.78 is 45.1. The number of halogens is 5. The van der Waals surface area contributed by atoms with Crippen molar-refractivity contribution in [3.8, 4) is 0 Å². The van der Waals surface area contributed by atoms with Crippen LogP contribution < -0.4 is 11.1 Å². The van der Waals surface area contributed by atoms with Crippen LogP contribution in [0.25, 0.3) is 5.52 Å². The number of hydrogen-bond donors (Lipinski definition) is 2. The Balaban J connectivity index is 1.85. The van der Waals surface area contributed by atoms with E-state index in [4.69, 9.17) is 17.3 Å². The number of nitrogens with one attached hydrogen (secondary N) is 1. The number of fused-ring (bicyclic) bond motifs is 1. The molecule has 0 aliphatic rings. The third-order valence-corrected chi connectivity index (χ3v) is 5.79. The number of ether oxygens (including phenoxy) is 1. The van der Waals surface area contributed by atoms with E-state index in [0.717, 1.165) is 4.88 Å². The third-order valence-electron chi connectivity index (χ3n) is 3.94. The van der Waals surface area contributed by atoms with Crippen LogP contribution in [-0.4, -0.2) is 33.9 Å². The predicted molar refractivity (Wildman–Crippen MR) is 106 cm³/mol. The molecule has 0 aromatic carbocycles. The molecule has 0 fully saturated rings. The molecule has 0 unspecified atom stereocenters. The van der Waals surface area contributed by atoms with Gasteiger partial charge in [0.1, 0.15) is 10.1 Å². The summed E-state index contributed by atoms with van der Waals surface area (Å²) in [4.78, 5) is 5.14. The van der Waals surface area contributed by atoms with Crippen molar-refractivity contribution in [3.63, 3.8) is 0 Å². The topological polar surface area (TPSA) is 77.5 Å². The molecule has 0 aliphatic heterocycles. The minimum atomic E-state index is -2.86. The van der Waals surface area contributed by atoms with E-state index < -0.39 is 18.5 Å². The van der Waals surface area contributed by atoms with Crippen molar-refractivity contribution in [1.29, 1.82) is 0 Å². The average molecular weight is 499 g/mol. The van der Waals surface area contributed by atoms with Gasteiger partial charge in [-0.25, -0.2) is 8.91 Å². The molecule has 0 spiro atoms. The van der Waals surface area contributed by atoms with Gasteiger partial charge in [0.25, 0.3) is 0 Å². The van der Waals surface area contributed by atoms with E-state index in [0.29, 0.717) is 11.1 Å². The molecule has 0 aliphatic carbocycles. The average Bonchev–Trinajstić information content (AvgIpc) is 3.23. The highest BCUT2D eigenvalue weighted by Gasteiger charge is 2.24. The Bertz CT molecular complexity index is 940. The summed E-state index contributed by atoms with van der Waals surface area (Å²) >= 11 is 10.9. The zero-order valence-electron chi connectivity index (χ0n) is 14.3. The summed E-state index contributed by atoms with van der Waals surface area (Å²) in [5.41, 5.74) is 6.33. The van der Waals surface area contributed by atoms with Gasteiger partial charge in [0.05, 0.1) is 13.2 Å². The van der Waals surface area contributed by atoms with Gasteiger partial charge in [-0.3, -0.25) is 0 Å². The van der Waals surface area contributed by atoms with E-state index in [1.807, 2.05) is 17.5 Å². The van der Waals surface area contributed by atoms with Gasteiger partial charge >= 0.3 is 6.61 Å². The Morgan fingerprint density at radius 1 is 1.43 bits per heavy atom. The van der Waals surface area contributed by atoms with Gasteiger partial charge in [0.15, 0.2) is 11.6 Å². The molecule has 0 bridgehead atoms. The third kappa shape index (κ3) is 4.95. The number of aromatic nitrogens is 3. The van der Waals surface area contributed by atoms with Gasteiger partial charge in [0, 0.05) is 16.5 Å². The smallest absolute Gasteiger partial charge is 0.345 e. The number of rotatable bonds is 9. The first-order valence-electron chi connectivity index (χ1n) is 8.20. The molecule has 28 heavy (non-hydrogen) atoms. The standard InChI is InChI=1S/C16H16BrClF3N5OS/c17-13-10(6-8(22)3-4-27-16(20)21)11(19)12-14(24-15(18)25-26(12)13)23-7-9-2-1-5-28-9/h1-2,5,8,16H,3-4,6-7,22H2,(H,23,24,25)/t8-/m0/s1. The highest BCUT2D eigenvalue weighted by atomic mass is 79.9. The normalized spacial score (nSPS) is 12.8. The van der Waals surface area contributed by atoms with Crippen molar-refractivity contribution in [2.24, 2.45) is 5.73 Å². The Labute approximate surface area is 176 Å². The summed E-state index contributed by atoms with van der Waals surface area (Å²) in [6.45, 7) is -2.63. The van der Waals surface area contributed by atoms with E-state index in [1.54, 1.807) is 11.3 Å². The monoisotopic (exact) mass is 497 g/mol. The van der Waals surface area contributed by atoms with Crippen LogP contribution in [-0.2, 0) is 17.7 Å². The quantitative estimate of drug-likeness (QED) is 0.456. The maximum atomic E-state index is 15.1. The molecule has 152 valence electrons. The summed E-state index contributed by atoms with van der Waals surface area (Å²) in [6, 6.07) is 3.28. The molecule has 0 saturated heterocycles. The van der Waals surface area contributed by atoms with Crippen LogP contribution in [0.5, 0.6) is 0 Å². The van der Waals surface area contributed by atoms with Gasteiger partial charge in [-0.15, -0.1) is 16.4 Å². The summed E-state index contributed by atoms with van der Waals surface area (Å²) in [5, 5.41) is 8.99. The fraction of sp³-hybridized carbons (Fsp3) is 0.375. The lowest BCUT2D eigenvalue weighted by Crippen LogP contribution is -2.25. The molecule has 0 saturated carbocycles. The molecule has 0 radical (unpaired) electrons. The van der Waals surface area contributed by atoms with Crippen molar-refractivity contribution in [2.75, 3.05) is 11.9 Å². The van der Waals surface area contributed by atoms with E-state index in [2.05, 4.69) is 36.1 Å². The maximum absolute atomic E-state index is 15.1. The zero-order chi connectivity index (χ0) is 20.3. The molecule has 3 aromatic heterocycles. The first-order chi connectivity index (χ1) is 13.4. The molecular weight excluding hydrogens is 483 g/mol. The van der Waals surface area contributed by atoms with Gasteiger partial charge in [-0.2, -0.15) is 13.8 Å². The predicted octanol–water partition coefficient (Wildman–Crippen LogP) is 4.46. The first-order valence-corrected chi connectivity index (χ1v) is 10.3. The Kier molecular flexibility index (Phi) is 7.15. The fourth-order valence-corrected chi connectivity index (χ4v) is 4.05. The molecule has 3 heterocycles. The summed E-state index contributed by atoms with van der Waals surface area (Å²) in [5.74, 6) is -0.310. The second kappa shape index (κ2) is 9.40. The largest absolute Gasteiger partial charge is 0.363 e. The van der Waals surface area contributed by atoms with Crippen molar-refractivity contribution >= 4 is 50.2 Å². The van der Waals surface area contributed by atoms with Crippen LogP contribution in [0.4, 0.5) is 19.0 Å². The molecule has 12 heteroatoms. The van der Waals surface area contributed by atoms with Crippen LogP contribution in [0, 0.1) is 5.82 Å². The maximum Gasteiger partial charge on any atom is 0.345 e. The van der Waals surface area contributed by atoms with E-state index in [-0.39, 0.29) is 41.6 Å². The van der Waals surface area contributed by atoms with Gasteiger partial charge in [0.2, 0.25) is 5.28 Å². The minimum absolute atomic E-state index is 0.0574. The lowest BCUT2D eigenvalue weighted by atomic mass is 10.1. The lowest BCUT2D eigenvalue weighted by Gasteiger charge is -2.11. The van der Waals surface area contributed by atoms with Crippen LogP contribution >= 0.6 is 38.9 Å². The number of alkyl halides is 2. The fourth-order valence-electron chi connectivity index (χ4n) is 2.65. The molecule has 6 nitrogen and oxygen atoms in total. The zero-order valence-corrected chi connectivity index (χ0v) is 17.5. The molecule has 1 atom stereocenters. The van der Waals surface area contributed by atoms with Crippen LogP contribution in [0.15, 0.2) is 22.1 Å². The van der Waals surface area contributed by atoms with Crippen LogP contribution in [0.1, 0.15) is 16.9 Å².